The van der Waals surface area contributed by atoms with E-state index >= 15 is 0 Å². The van der Waals surface area contributed by atoms with Gasteiger partial charge in [-0.05, 0) is 25.5 Å². The molecule has 0 saturated carbocycles. The first-order valence-corrected chi connectivity index (χ1v) is 7.62. The van der Waals surface area contributed by atoms with Crippen LogP contribution in [0, 0.1) is 0 Å². The summed E-state index contributed by atoms with van der Waals surface area (Å²) in [5, 5.41) is 3.48. The molecule has 0 spiro atoms. The minimum Gasteiger partial charge on any atom is -0.331 e. The molecule has 0 bridgehead atoms. The number of aromatic nitrogens is 3. The van der Waals surface area contributed by atoms with Crippen molar-refractivity contribution < 1.29 is 0 Å². The summed E-state index contributed by atoms with van der Waals surface area (Å²) in [6.07, 6.45) is 7.77. The molecule has 2 aromatic rings. The van der Waals surface area contributed by atoms with E-state index in [1.54, 1.807) is 0 Å². The maximum Gasteiger partial charge on any atom is 0.123 e. The van der Waals surface area contributed by atoms with E-state index in [-0.39, 0.29) is 24.8 Å². The van der Waals surface area contributed by atoms with Gasteiger partial charge in [-0.3, -0.25) is 9.88 Å². The second-order valence-corrected chi connectivity index (χ2v) is 5.82. The van der Waals surface area contributed by atoms with Crippen LogP contribution in [0.15, 0.2) is 36.9 Å². The summed E-state index contributed by atoms with van der Waals surface area (Å²) in [5.41, 5.74) is 1.27. The van der Waals surface area contributed by atoms with Crippen LogP contribution in [0.5, 0.6) is 0 Å². The molecule has 5 nitrogen and oxygen atoms in total. The molecule has 1 fully saturated rings. The number of imidazole rings is 1. The van der Waals surface area contributed by atoms with Crippen molar-refractivity contribution in [3.8, 4) is 0 Å². The van der Waals surface area contributed by atoms with E-state index in [2.05, 4.69) is 50.9 Å². The maximum absolute atomic E-state index is 4.54. The minimum atomic E-state index is 0. The van der Waals surface area contributed by atoms with Crippen molar-refractivity contribution in [1.82, 2.24) is 24.8 Å². The number of nitrogens with zero attached hydrogens (tertiary/aromatic N) is 4. The average Bonchev–Trinajstić information content (AvgIpc) is 2.97. The minimum absolute atomic E-state index is 0. The average molecular weight is 358 g/mol. The Balaban J connectivity index is 0.00000132. The Morgan fingerprint density at radius 1 is 1.30 bits per heavy atom. The Hall–Kier alpha value is -1.14. The SMILES string of the molecule is CC(C)n1ccnc1CN1CCNCC1c1cccnc1.Cl.Cl. The molecule has 1 atom stereocenters. The van der Waals surface area contributed by atoms with E-state index in [0.717, 1.165) is 32.0 Å². The molecule has 23 heavy (non-hydrogen) atoms. The van der Waals surface area contributed by atoms with Gasteiger partial charge in [0.2, 0.25) is 0 Å². The van der Waals surface area contributed by atoms with Crippen LogP contribution in [-0.2, 0) is 6.54 Å². The Morgan fingerprint density at radius 2 is 2.13 bits per heavy atom. The van der Waals surface area contributed by atoms with Gasteiger partial charge >= 0.3 is 0 Å². The lowest BCUT2D eigenvalue weighted by Crippen LogP contribution is -2.45. The summed E-state index contributed by atoms with van der Waals surface area (Å²) in [6, 6.07) is 4.98. The number of nitrogens with one attached hydrogen (secondary N) is 1. The standard InChI is InChI=1S/C16H23N5.2ClH/c1-13(2)21-9-7-19-16(21)12-20-8-6-18-11-15(20)14-4-3-5-17-10-14;;/h3-5,7,9-10,13,15,18H,6,8,11-12H2,1-2H3;2*1H. The molecule has 1 unspecified atom stereocenters. The fourth-order valence-corrected chi connectivity index (χ4v) is 2.96. The second kappa shape index (κ2) is 9.23. The van der Waals surface area contributed by atoms with Crippen LogP contribution in [0.2, 0.25) is 0 Å². The fraction of sp³-hybridized carbons (Fsp3) is 0.500. The Morgan fingerprint density at radius 3 is 2.83 bits per heavy atom. The van der Waals surface area contributed by atoms with Crippen molar-refractivity contribution in [3.63, 3.8) is 0 Å². The van der Waals surface area contributed by atoms with Gasteiger partial charge in [-0.2, -0.15) is 0 Å². The van der Waals surface area contributed by atoms with Crippen LogP contribution < -0.4 is 5.32 Å². The molecule has 1 aliphatic heterocycles. The molecule has 3 heterocycles. The molecule has 3 rings (SSSR count). The largest absolute Gasteiger partial charge is 0.331 e. The lowest BCUT2D eigenvalue weighted by atomic mass is 10.1. The predicted molar refractivity (Wildman–Crippen MR) is 97.4 cm³/mol. The fourth-order valence-electron chi connectivity index (χ4n) is 2.96. The highest BCUT2D eigenvalue weighted by molar-refractivity contribution is 5.85. The van der Waals surface area contributed by atoms with Gasteiger partial charge in [0.25, 0.3) is 0 Å². The van der Waals surface area contributed by atoms with Gasteiger partial charge in [-0.25, -0.2) is 4.98 Å². The number of hydrogen-bond acceptors (Lipinski definition) is 4. The number of rotatable bonds is 4. The van der Waals surface area contributed by atoms with Gasteiger partial charge in [-0.15, -0.1) is 24.8 Å². The van der Waals surface area contributed by atoms with Crippen molar-refractivity contribution in [2.75, 3.05) is 19.6 Å². The molecule has 0 aliphatic carbocycles. The van der Waals surface area contributed by atoms with Gasteiger partial charge in [-0.1, -0.05) is 6.07 Å². The molecule has 0 radical (unpaired) electrons. The summed E-state index contributed by atoms with van der Waals surface area (Å²) in [5.74, 6) is 1.14. The maximum atomic E-state index is 4.54. The highest BCUT2D eigenvalue weighted by atomic mass is 35.5. The molecular weight excluding hydrogens is 333 g/mol. The zero-order chi connectivity index (χ0) is 14.7. The third-order valence-corrected chi connectivity index (χ3v) is 4.07. The molecule has 0 amide bonds. The first-order chi connectivity index (χ1) is 10.3. The molecule has 2 aromatic heterocycles. The van der Waals surface area contributed by atoms with E-state index in [0.29, 0.717) is 12.1 Å². The molecule has 128 valence electrons. The predicted octanol–water partition coefficient (Wildman–Crippen LogP) is 2.85. The van der Waals surface area contributed by atoms with Gasteiger partial charge in [0, 0.05) is 56.5 Å². The monoisotopic (exact) mass is 357 g/mol. The molecule has 1 aliphatic rings. The van der Waals surface area contributed by atoms with E-state index in [9.17, 15) is 0 Å². The number of halogens is 2. The number of pyridine rings is 1. The zero-order valence-corrected chi connectivity index (χ0v) is 15.2. The third kappa shape index (κ3) is 4.67. The van der Waals surface area contributed by atoms with Gasteiger partial charge < -0.3 is 9.88 Å². The molecule has 0 aromatic carbocycles. The van der Waals surface area contributed by atoms with Gasteiger partial charge in [0.1, 0.15) is 5.82 Å². The van der Waals surface area contributed by atoms with Crippen molar-refractivity contribution >= 4 is 24.8 Å². The van der Waals surface area contributed by atoms with Crippen molar-refractivity contribution in [3.05, 3.63) is 48.3 Å². The van der Waals surface area contributed by atoms with Crippen LogP contribution in [0.4, 0.5) is 0 Å². The van der Waals surface area contributed by atoms with Crippen molar-refractivity contribution in [2.45, 2.75) is 32.5 Å². The lowest BCUT2D eigenvalue weighted by Gasteiger charge is -2.36. The van der Waals surface area contributed by atoms with E-state index in [1.165, 1.54) is 5.56 Å². The first kappa shape index (κ1) is 19.9. The number of piperazine rings is 1. The summed E-state index contributed by atoms with van der Waals surface area (Å²) >= 11 is 0. The lowest BCUT2D eigenvalue weighted by molar-refractivity contribution is 0.147. The Bertz CT molecular complexity index is 573. The Labute approximate surface area is 150 Å². The smallest absolute Gasteiger partial charge is 0.123 e. The van der Waals surface area contributed by atoms with Crippen LogP contribution in [0.3, 0.4) is 0 Å². The topological polar surface area (TPSA) is 46.0 Å². The van der Waals surface area contributed by atoms with Gasteiger partial charge in [0.15, 0.2) is 0 Å². The zero-order valence-electron chi connectivity index (χ0n) is 13.6. The van der Waals surface area contributed by atoms with Crippen molar-refractivity contribution in [2.24, 2.45) is 0 Å². The molecule has 7 heteroatoms. The third-order valence-electron chi connectivity index (χ3n) is 4.07. The summed E-state index contributed by atoms with van der Waals surface area (Å²) < 4.78 is 2.25. The normalized spacial score (nSPS) is 18.3. The Kier molecular flexibility index (Phi) is 7.99. The number of hydrogen-bond donors (Lipinski definition) is 1. The van der Waals surface area contributed by atoms with E-state index in [1.807, 2.05) is 24.7 Å². The summed E-state index contributed by atoms with van der Waals surface area (Å²) in [7, 11) is 0. The summed E-state index contributed by atoms with van der Waals surface area (Å²) in [6.45, 7) is 8.30. The van der Waals surface area contributed by atoms with Gasteiger partial charge in [0.05, 0.1) is 6.54 Å². The van der Waals surface area contributed by atoms with Crippen molar-refractivity contribution in [1.29, 1.82) is 0 Å². The highest BCUT2D eigenvalue weighted by Crippen LogP contribution is 2.23. The molecule has 1 saturated heterocycles. The van der Waals surface area contributed by atoms with Crippen LogP contribution in [0.25, 0.3) is 0 Å². The molecular formula is C16H25Cl2N5. The molecule has 1 N–H and O–H groups in total. The quantitative estimate of drug-likeness (QED) is 0.913. The van der Waals surface area contributed by atoms with Crippen LogP contribution in [-0.4, -0.2) is 39.1 Å². The van der Waals surface area contributed by atoms with Crippen LogP contribution in [0.1, 0.15) is 37.3 Å². The second-order valence-electron chi connectivity index (χ2n) is 5.82. The van der Waals surface area contributed by atoms with Crippen LogP contribution >= 0.6 is 24.8 Å². The first-order valence-electron chi connectivity index (χ1n) is 7.62. The highest BCUT2D eigenvalue weighted by Gasteiger charge is 2.25. The summed E-state index contributed by atoms with van der Waals surface area (Å²) in [4.78, 5) is 11.3. The van der Waals surface area contributed by atoms with E-state index in [4.69, 9.17) is 0 Å². The van der Waals surface area contributed by atoms with E-state index < -0.39 is 0 Å².